The maximum atomic E-state index is 12.3. The molecule has 4 aliphatic heterocycles. The van der Waals surface area contributed by atoms with Crippen LogP contribution >= 0.6 is 27.7 Å². The molecule has 0 unspecified atom stereocenters. The van der Waals surface area contributed by atoms with Crippen molar-refractivity contribution in [2.75, 3.05) is 46.3 Å². The number of carbonyl (C=O) groups excluding carboxylic acids is 1. The molecule has 1 fully saturated rings. The van der Waals surface area contributed by atoms with E-state index in [0.29, 0.717) is 40.6 Å². The normalized spacial score (nSPS) is 15.9. The highest BCUT2D eigenvalue weighted by Gasteiger charge is 2.25. The number of benzene rings is 1. The molecule has 12 heteroatoms. The Labute approximate surface area is 216 Å². The number of nitrogen functional groups attached to an aromatic ring is 1. The maximum Gasteiger partial charge on any atom is 0.236 e. The molecule has 186 valence electrons. The summed E-state index contributed by atoms with van der Waals surface area (Å²) in [6.07, 6.45) is 4.76. The standard InChI is InChI=1S/C23H28BrN7O3S/c1-29(2)11-19(32)30-6-3-14(4-7-30)5-8-31-12-26-21(25)20-22(31)28-23(27-20)35-18-10-17-16(9-15(18)24)33-13-34-17/h9-10,12,14H,3-8,11,13,25H2,1-2H3. The number of piperidine rings is 1. The lowest BCUT2D eigenvalue weighted by molar-refractivity contribution is -0.133. The van der Waals surface area contributed by atoms with E-state index in [0.717, 1.165) is 54.1 Å². The summed E-state index contributed by atoms with van der Waals surface area (Å²) in [7, 11) is 3.85. The van der Waals surface area contributed by atoms with Crippen molar-refractivity contribution < 1.29 is 14.3 Å². The van der Waals surface area contributed by atoms with Crippen molar-refractivity contribution in [2.45, 2.75) is 35.9 Å². The average molecular weight is 562 g/mol. The molecule has 1 aromatic rings. The number of hydrogen-bond donors (Lipinski definition) is 1. The molecular weight excluding hydrogens is 534 g/mol. The first-order valence-corrected chi connectivity index (χ1v) is 13.2. The molecule has 0 saturated carbocycles. The number of rotatable bonds is 7. The highest BCUT2D eigenvalue weighted by atomic mass is 79.9. The van der Waals surface area contributed by atoms with E-state index in [1.165, 1.54) is 11.8 Å². The third-order valence-corrected chi connectivity index (χ3v) is 8.14. The summed E-state index contributed by atoms with van der Waals surface area (Å²) in [6.45, 7) is 3.10. The number of nitrogens with zero attached hydrogens (tertiary/aromatic N) is 6. The molecule has 5 rings (SSSR count). The minimum atomic E-state index is 0.207. The molecule has 10 nitrogen and oxygen atoms in total. The summed E-state index contributed by atoms with van der Waals surface area (Å²) in [5.41, 5.74) is 6.74. The number of nitrogens with two attached hydrogens (primary N) is 1. The van der Waals surface area contributed by atoms with E-state index in [-0.39, 0.29) is 12.7 Å². The Morgan fingerprint density at radius 1 is 1.23 bits per heavy atom. The number of fused-ring (bicyclic) bond motifs is 2. The third kappa shape index (κ3) is 5.34. The van der Waals surface area contributed by atoms with Crippen LogP contribution in [0.15, 0.2) is 33.0 Å². The van der Waals surface area contributed by atoms with Crippen LogP contribution < -0.4 is 15.2 Å². The number of aryl methyl sites for hydroxylation is 1. The molecule has 0 aromatic heterocycles. The molecule has 35 heavy (non-hydrogen) atoms. The van der Waals surface area contributed by atoms with Crippen molar-refractivity contribution >= 4 is 39.4 Å². The summed E-state index contributed by atoms with van der Waals surface area (Å²) >= 11 is 5.03. The van der Waals surface area contributed by atoms with E-state index in [1.54, 1.807) is 6.33 Å². The molecule has 1 saturated heterocycles. The van der Waals surface area contributed by atoms with Crippen molar-refractivity contribution in [3.63, 3.8) is 0 Å². The molecule has 1 amide bonds. The van der Waals surface area contributed by atoms with Gasteiger partial charge in [-0.15, -0.1) is 0 Å². The largest absolute Gasteiger partial charge is 0.454 e. The number of likely N-dealkylation sites (N-methyl/N-ethyl adjacent to an activating group) is 1. The molecular formula is C23H28BrN7O3S. The summed E-state index contributed by atoms with van der Waals surface area (Å²) < 4.78 is 13.8. The van der Waals surface area contributed by atoms with Crippen LogP contribution in [0.3, 0.4) is 0 Å². The number of anilines is 1. The van der Waals surface area contributed by atoms with Crippen molar-refractivity contribution in [1.29, 1.82) is 0 Å². The SMILES string of the molecule is CN(C)CC(=O)N1CCC(CCn2cnc(N)c3nc(Sc4cc5c(cc4Br)OCO5)nc2-3)CC1. The van der Waals surface area contributed by atoms with Crippen LogP contribution in [0.5, 0.6) is 11.5 Å². The number of hydrogen-bond acceptors (Lipinski definition) is 9. The van der Waals surface area contributed by atoms with Gasteiger partial charge in [0.1, 0.15) is 0 Å². The van der Waals surface area contributed by atoms with E-state index in [4.69, 9.17) is 20.2 Å². The predicted molar refractivity (Wildman–Crippen MR) is 136 cm³/mol. The summed E-state index contributed by atoms with van der Waals surface area (Å²) in [4.78, 5) is 30.9. The van der Waals surface area contributed by atoms with Gasteiger partial charge in [0.15, 0.2) is 34.0 Å². The first-order chi connectivity index (χ1) is 16.9. The van der Waals surface area contributed by atoms with Crippen LogP contribution in [0.4, 0.5) is 5.82 Å². The number of amides is 1. The van der Waals surface area contributed by atoms with E-state index >= 15 is 0 Å². The monoisotopic (exact) mass is 561 g/mol. The van der Waals surface area contributed by atoms with Gasteiger partial charge in [-0.05, 0) is 79.1 Å². The van der Waals surface area contributed by atoms with Gasteiger partial charge in [0.25, 0.3) is 0 Å². The highest BCUT2D eigenvalue weighted by molar-refractivity contribution is 9.10. The number of ether oxygens (including phenoxy) is 2. The van der Waals surface area contributed by atoms with Gasteiger partial charge < -0.3 is 29.6 Å². The van der Waals surface area contributed by atoms with Crippen molar-refractivity contribution in [3.8, 4) is 23.0 Å². The lowest BCUT2D eigenvalue weighted by Gasteiger charge is -2.33. The average Bonchev–Trinajstić information content (AvgIpc) is 3.46. The minimum absolute atomic E-state index is 0.207. The lowest BCUT2D eigenvalue weighted by atomic mass is 9.93. The molecule has 4 aliphatic rings. The molecule has 0 radical (unpaired) electrons. The fourth-order valence-electron chi connectivity index (χ4n) is 4.38. The quantitative estimate of drug-likeness (QED) is 0.464. The Kier molecular flexibility index (Phi) is 7.03. The number of imidazole rings is 1. The summed E-state index contributed by atoms with van der Waals surface area (Å²) in [5, 5.41) is 0.598. The van der Waals surface area contributed by atoms with E-state index in [9.17, 15) is 4.79 Å². The van der Waals surface area contributed by atoms with Crippen LogP contribution in [-0.4, -0.2) is 75.7 Å². The van der Waals surface area contributed by atoms with Gasteiger partial charge in [-0.1, -0.05) is 0 Å². The van der Waals surface area contributed by atoms with Gasteiger partial charge in [-0.3, -0.25) is 4.79 Å². The molecule has 1 aromatic carbocycles. The number of likely N-dealkylation sites (tertiary alicyclic amines) is 1. The van der Waals surface area contributed by atoms with Crippen molar-refractivity contribution in [2.24, 2.45) is 5.92 Å². The van der Waals surface area contributed by atoms with Gasteiger partial charge in [-0.25, -0.2) is 15.0 Å². The van der Waals surface area contributed by atoms with E-state index < -0.39 is 0 Å². The van der Waals surface area contributed by atoms with Crippen molar-refractivity contribution in [1.82, 2.24) is 29.3 Å². The molecule has 0 bridgehead atoms. The number of carbonyl (C=O) groups is 1. The van der Waals surface area contributed by atoms with Crippen LogP contribution in [0.2, 0.25) is 0 Å². The number of halogens is 1. The Balaban J connectivity index is 1.25. The fourth-order valence-corrected chi connectivity index (χ4v) is 5.73. The van der Waals surface area contributed by atoms with Gasteiger partial charge in [0.05, 0.1) is 12.9 Å². The second-order valence-corrected chi connectivity index (χ2v) is 11.0. The first kappa shape index (κ1) is 24.1. The molecule has 4 heterocycles. The minimum Gasteiger partial charge on any atom is -0.454 e. The van der Waals surface area contributed by atoms with Crippen LogP contribution in [-0.2, 0) is 11.3 Å². The van der Waals surface area contributed by atoms with Gasteiger partial charge in [0.2, 0.25) is 12.7 Å². The van der Waals surface area contributed by atoms with Crippen LogP contribution in [0.1, 0.15) is 19.3 Å². The fraction of sp³-hybridized carbons (Fsp3) is 0.478. The summed E-state index contributed by atoms with van der Waals surface area (Å²) in [6, 6.07) is 3.81. The smallest absolute Gasteiger partial charge is 0.236 e. The topological polar surface area (TPSA) is 112 Å². The Hall–Kier alpha value is -2.57. The van der Waals surface area contributed by atoms with Gasteiger partial charge in [0, 0.05) is 29.0 Å². The second-order valence-electron chi connectivity index (χ2n) is 9.09. The van der Waals surface area contributed by atoms with E-state index in [1.807, 2.05) is 40.6 Å². The lowest BCUT2D eigenvalue weighted by Crippen LogP contribution is -2.42. The second kappa shape index (κ2) is 10.2. The van der Waals surface area contributed by atoms with E-state index in [2.05, 4.69) is 25.9 Å². The maximum absolute atomic E-state index is 12.3. The number of aromatic nitrogens is 4. The van der Waals surface area contributed by atoms with Crippen LogP contribution in [0.25, 0.3) is 11.5 Å². The molecule has 0 aliphatic carbocycles. The van der Waals surface area contributed by atoms with Crippen LogP contribution in [0, 0.1) is 5.92 Å². The Morgan fingerprint density at radius 2 is 1.97 bits per heavy atom. The van der Waals surface area contributed by atoms with Gasteiger partial charge in [-0.2, -0.15) is 0 Å². The van der Waals surface area contributed by atoms with Gasteiger partial charge >= 0.3 is 0 Å². The third-order valence-electron chi connectivity index (χ3n) is 6.30. The first-order valence-electron chi connectivity index (χ1n) is 11.5. The zero-order valence-electron chi connectivity index (χ0n) is 19.7. The molecule has 2 N–H and O–H groups in total. The van der Waals surface area contributed by atoms with Crippen molar-refractivity contribution in [3.05, 3.63) is 22.9 Å². The zero-order valence-corrected chi connectivity index (χ0v) is 22.1. The predicted octanol–water partition coefficient (Wildman–Crippen LogP) is 3.19. The highest BCUT2D eigenvalue weighted by Crippen LogP contribution is 2.43. The molecule has 0 spiro atoms. The molecule has 0 atom stereocenters. The Bertz CT molecular complexity index is 1200. The Morgan fingerprint density at radius 3 is 2.71 bits per heavy atom. The zero-order chi connectivity index (χ0) is 24.5. The summed E-state index contributed by atoms with van der Waals surface area (Å²) in [5.74, 6) is 3.29.